The highest BCUT2D eigenvalue weighted by Gasteiger charge is 2.32. The molecule has 2 nitrogen and oxygen atoms in total. The van der Waals surface area contributed by atoms with E-state index in [1.165, 1.54) is 27.6 Å². The first-order chi connectivity index (χ1) is 9.28. The van der Waals surface area contributed by atoms with Crippen LogP contribution in [0.15, 0.2) is 30.5 Å². The van der Waals surface area contributed by atoms with Gasteiger partial charge < -0.3 is 4.98 Å². The van der Waals surface area contributed by atoms with Crippen LogP contribution in [0.3, 0.4) is 0 Å². The second-order valence-corrected chi connectivity index (χ2v) is 6.13. The second-order valence-electron chi connectivity index (χ2n) is 5.77. The predicted molar refractivity (Wildman–Crippen MR) is 83.7 cm³/mol. The van der Waals surface area contributed by atoms with E-state index in [0.29, 0.717) is 12.0 Å². The average molecular weight is 270 g/mol. The van der Waals surface area contributed by atoms with Gasteiger partial charge >= 0.3 is 0 Å². The fourth-order valence-electron chi connectivity index (χ4n) is 3.66. The molecule has 0 bridgehead atoms. The van der Waals surface area contributed by atoms with E-state index in [4.69, 9.17) is 0 Å². The monoisotopic (exact) mass is 270 g/mol. The van der Waals surface area contributed by atoms with Crippen LogP contribution >= 0.6 is 12.6 Å². The molecule has 2 atom stereocenters. The van der Waals surface area contributed by atoms with Crippen LogP contribution in [-0.4, -0.2) is 35.3 Å². The van der Waals surface area contributed by atoms with Crippen molar-refractivity contribution in [2.45, 2.75) is 12.5 Å². The molecule has 1 N–H and O–H groups in total. The van der Waals surface area contributed by atoms with Gasteiger partial charge in [-0.1, -0.05) is 18.2 Å². The van der Waals surface area contributed by atoms with Crippen molar-refractivity contribution in [3.63, 3.8) is 0 Å². The normalized spacial score (nSPS) is 26.3. The Hall–Kier alpha value is -1.19. The van der Waals surface area contributed by atoms with Crippen LogP contribution < -0.4 is 0 Å². The number of aromatic amines is 1. The Balaban J connectivity index is 1.97. The van der Waals surface area contributed by atoms with Gasteiger partial charge in [-0.05, 0) is 47.9 Å². The summed E-state index contributed by atoms with van der Waals surface area (Å²) in [6, 6.07) is 7.13. The lowest BCUT2D eigenvalue weighted by Gasteiger charge is -2.39. The molecule has 2 heterocycles. The largest absolute Gasteiger partial charge is 0.361 e. The quantitative estimate of drug-likeness (QED) is 0.763. The SMILES string of the molecule is CN1C[C@H](CS)C=C2c3cccc4[nH]cc(c34)C[C@H]21. The van der Waals surface area contributed by atoms with Gasteiger partial charge in [0.25, 0.3) is 0 Å². The molecule has 1 aromatic heterocycles. The first kappa shape index (κ1) is 11.6. The summed E-state index contributed by atoms with van der Waals surface area (Å²) in [6.07, 6.45) is 5.77. The topological polar surface area (TPSA) is 19.0 Å². The summed E-state index contributed by atoms with van der Waals surface area (Å²) in [4.78, 5) is 5.90. The van der Waals surface area contributed by atoms with Crippen molar-refractivity contribution >= 4 is 29.1 Å². The molecule has 2 aromatic rings. The van der Waals surface area contributed by atoms with E-state index in [0.717, 1.165) is 18.7 Å². The summed E-state index contributed by atoms with van der Waals surface area (Å²) in [5, 5.41) is 1.43. The van der Waals surface area contributed by atoms with Gasteiger partial charge in [0.2, 0.25) is 0 Å². The molecule has 0 amide bonds. The fourth-order valence-corrected chi connectivity index (χ4v) is 3.88. The maximum absolute atomic E-state index is 4.49. The summed E-state index contributed by atoms with van der Waals surface area (Å²) >= 11 is 4.49. The lowest BCUT2D eigenvalue weighted by Crippen LogP contribution is -2.42. The number of H-pyrrole nitrogens is 1. The maximum atomic E-state index is 4.49. The Kier molecular flexibility index (Phi) is 2.54. The minimum Gasteiger partial charge on any atom is -0.361 e. The number of hydrogen-bond donors (Lipinski definition) is 2. The molecule has 19 heavy (non-hydrogen) atoms. The van der Waals surface area contributed by atoms with Crippen LogP contribution in [0.4, 0.5) is 0 Å². The van der Waals surface area contributed by atoms with Gasteiger partial charge in [0.05, 0.1) is 0 Å². The zero-order chi connectivity index (χ0) is 13.0. The first-order valence-electron chi connectivity index (χ1n) is 6.90. The molecule has 1 aromatic carbocycles. The van der Waals surface area contributed by atoms with Gasteiger partial charge in [0, 0.05) is 29.7 Å². The zero-order valence-electron chi connectivity index (χ0n) is 11.1. The lowest BCUT2D eigenvalue weighted by molar-refractivity contribution is 0.253. The molecule has 0 unspecified atom stereocenters. The Bertz CT molecular complexity index is 670. The van der Waals surface area contributed by atoms with Crippen LogP contribution in [0.2, 0.25) is 0 Å². The van der Waals surface area contributed by atoms with E-state index in [1.807, 2.05) is 0 Å². The average Bonchev–Trinajstić information content (AvgIpc) is 2.85. The minimum atomic E-state index is 0.532. The Morgan fingerprint density at radius 3 is 3.16 bits per heavy atom. The van der Waals surface area contributed by atoms with Crippen LogP contribution in [0.25, 0.3) is 16.5 Å². The van der Waals surface area contributed by atoms with E-state index in [2.05, 4.69) is 60.0 Å². The third kappa shape index (κ3) is 1.61. The summed E-state index contributed by atoms with van der Waals surface area (Å²) in [5.41, 5.74) is 5.65. The van der Waals surface area contributed by atoms with Crippen molar-refractivity contribution in [1.29, 1.82) is 0 Å². The smallest absolute Gasteiger partial charge is 0.0462 e. The standard InChI is InChI=1S/C16H18N2S/c1-18-8-10(9-19)5-13-12-3-2-4-14-16(12)11(7-17-14)6-15(13)18/h2-5,7,10,15,17,19H,6,8-9H2,1H3/t10-,15-/m1/s1. The molecular formula is C16H18N2S. The fraction of sp³-hybridized carbons (Fsp3) is 0.375. The van der Waals surface area contributed by atoms with E-state index in [1.54, 1.807) is 0 Å². The molecular weight excluding hydrogens is 252 g/mol. The van der Waals surface area contributed by atoms with Gasteiger partial charge in [-0.15, -0.1) is 0 Å². The van der Waals surface area contributed by atoms with Crippen molar-refractivity contribution in [2.75, 3.05) is 19.3 Å². The van der Waals surface area contributed by atoms with E-state index in [-0.39, 0.29) is 0 Å². The predicted octanol–water partition coefficient (Wildman–Crippen LogP) is 2.97. The van der Waals surface area contributed by atoms with E-state index in [9.17, 15) is 0 Å². The number of aromatic nitrogens is 1. The van der Waals surface area contributed by atoms with Gasteiger partial charge in [-0.2, -0.15) is 12.6 Å². The molecule has 0 radical (unpaired) electrons. The van der Waals surface area contributed by atoms with Crippen LogP contribution in [-0.2, 0) is 6.42 Å². The number of rotatable bonds is 1. The Morgan fingerprint density at radius 2 is 2.32 bits per heavy atom. The molecule has 2 aliphatic rings. The number of nitrogens with zero attached hydrogens (tertiary/aromatic N) is 1. The highest BCUT2D eigenvalue weighted by atomic mass is 32.1. The molecule has 4 rings (SSSR count). The summed E-state index contributed by atoms with van der Waals surface area (Å²) in [5.74, 6) is 1.49. The van der Waals surface area contributed by atoms with Crippen LogP contribution in [0, 0.1) is 5.92 Å². The number of likely N-dealkylation sites (N-methyl/N-ethyl adjacent to an activating group) is 1. The number of thiol groups is 1. The van der Waals surface area contributed by atoms with Gasteiger partial charge in [-0.3, -0.25) is 4.90 Å². The van der Waals surface area contributed by atoms with Crippen molar-refractivity contribution in [1.82, 2.24) is 9.88 Å². The Labute approximate surface area is 118 Å². The second kappa shape index (κ2) is 4.15. The van der Waals surface area contributed by atoms with Crippen molar-refractivity contribution in [3.05, 3.63) is 41.6 Å². The number of hydrogen-bond acceptors (Lipinski definition) is 2. The first-order valence-corrected chi connectivity index (χ1v) is 7.53. The van der Waals surface area contributed by atoms with E-state index < -0.39 is 0 Å². The highest BCUT2D eigenvalue weighted by Crippen LogP contribution is 2.40. The van der Waals surface area contributed by atoms with Gasteiger partial charge in [0.1, 0.15) is 0 Å². The summed E-state index contributed by atoms with van der Waals surface area (Å²) in [7, 11) is 2.24. The highest BCUT2D eigenvalue weighted by molar-refractivity contribution is 7.80. The molecule has 0 spiro atoms. The van der Waals surface area contributed by atoms with Crippen molar-refractivity contribution < 1.29 is 0 Å². The molecule has 0 saturated carbocycles. The Morgan fingerprint density at radius 1 is 1.42 bits per heavy atom. The number of benzene rings is 1. The van der Waals surface area contributed by atoms with Gasteiger partial charge in [0.15, 0.2) is 0 Å². The summed E-state index contributed by atoms with van der Waals surface area (Å²) < 4.78 is 0. The molecule has 1 aliphatic carbocycles. The zero-order valence-corrected chi connectivity index (χ0v) is 12.0. The molecule has 3 heteroatoms. The molecule has 0 fully saturated rings. The minimum absolute atomic E-state index is 0.532. The third-order valence-corrected chi connectivity index (χ3v) is 5.04. The van der Waals surface area contributed by atoms with Crippen LogP contribution in [0.5, 0.6) is 0 Å². The summed E-state index contributed by atoms with van der Waals surface area (Å²) in [6.45, 7) is 1.12. The molecule has 1 aliphatic heterocycles. The van der Waals surface area contributed by atoms with Crippen molar-refractivity contribution in [3.8, 4) is 0 Å². The maximum Gasteiger partial charge on any atom is 0.0462 e. The number of fused-ring (bicyclic) bond motifs is 2. The third-order valence-electron chi connectivity index (χ3n) is 4.58. The molecule has 0 saturated heterocycles. The lowest BCUT2D eigenvalue weighted by atomic mass is 9.80. The van der Waals surface area contributed by atoms with Crippen LogP contribution in [0.1, 0.15) is 11.1 Å². The van der Waals surface area contributed by atoms with Gasteiger partial charge in [-0.25, -0.2) is 0 Å². The number of nitrogens with one attached hydrogen (secondary N) is 1. The molecule has 98 valence electrons. The van der Waals surface area contributed by atoms with E-state index >= 15 is 0 Å². The van der Waals surface area contributed by atoms with Crippen molar-refractivity contribution in [2.24, 2.45) is 5.92 Å².